The highest BCUT2D eigenvalue weighted by Crippen LogP contribution is 2.31. The first-order chi connectivity index (χ1) is 19.5. The Morgan fingerprint density at radius 3 is 2.49 bits per heavy atom. The number of carbonyl (C=O) groups is 2. The Morgan fingerprint density at radius 1 is 1.15 bits per heavy atom. The number of fused-ring (bicyclic) bond motifs is 1. The second-order valence-electron chi connectivity index (χ2n) is 11.6. The molecule has 1 aliphatic carbocycles. The van der Waals surface area contributed by atoms with Gasteiger partial charge >= 0.3 is 0 Å². The van der Waals surface area contributed by atoms with Gasteiger partial charge in [-0.3, -0.25) is 9.59 Å². The molecule has 0 spiro atoms. The summed E-state index contributed by atoms with van der Waals surface area (Å²) in [4.78, 5) is 28.2. The number of aryl methyl sites for hydroxylation is 1. The van der Waals surface area contributed by atoms with E-state index in [1.807, 2.05) is 13.8 Å². The maximum Gasteiger partial charge on any atom is 0.242 e. The molecule has 0 radical (unpaired) electrons. The summed E-state index contributed by atoms with van der Waals surface area (Å²) in [5, 5.41) is 12.9. The molecule has 0 bridgehead atoms. The molecular weight excluding hydrogens is 542 g/mol. The smallest absolute Gasteiger partial charge is 0.242 e. The van der Waals surface area contributed by atoms with Crippen molar-refractivity contribution in [1.29, 1.82) is 0 Å². The van der Waals surface area contributed by atoms with Gasteiger partial charge in [0.2, 0.25) is 21.8 Å². The number of nitrogens with zero attached hydrogens (tertiary/aromatic N) is 2. The lowest BCUT2D eigenvalue weighted by Crippen LogP contribution is -2.48. The summed E-state index contributed by atoms with van der Waals surface area (Å²) in [5.74, 6) is 0.0416. The average molecular weight is 586 g/mol. The number of aliphatic hydroxyl groups is 1. The molecule has 1 heterocycles. The van der Waals surface area contributed by atoms with Crippen LogP contribution in [0.2, 0.25) is 0 Å². The first-order valence-corrected chi connectivity index (χ1v) is 16.0. The van der Waals surface area contributed by atoms with Crippen molar-refractivity contribution in [3.63, 3.8) is 0 Å². The van der Waals surface area contributed by atoms with Crippen molar-refractivity contribution < 1.29 is 27.9 Å². The summed E-state index contributed by atoms with van der Waals surface area (Å²) < 4.78 is 34.5. The minimum absolute atomic E-state index is 0.00933. The molecule has 2 aromatic rings. The molecule has 1 saturated carbocycles. The Labute approximate surface area is 243 Å². The number of amides is 2. The minimum Gasteiger partial charge on any atom is -0.488 e. The van der Waals surface area contributed by atoms with E-state index in [0.29, 0.717) is 23.5 Å². The van der Waals surface area contributed by atoms with E-state index in [1.54, 1.807) is 54.3 Å². The lowest BCUT2D eigenvalue weighted by Gasteiger charge is -2.33. The second kappa shape index (κ2) is 13.4. The molecule has 2 aromatic carbocycles. The zero-order valence-electron chi connectivity index (χ0n) is 24.5. The number of nitrogens with one attached hydrogen (secondary N) is 1. The van der Waals surface area contributed by atoms with Gasteiger partial charge in [-0.1, -0.05) is 43.9 Å². The van der Waals surface area contributed by atoms with E-state index in [4.69, 9.17) is 4.74 Å². The van der Waals surface area contributed by atoms with Crippen LogP contribution in [-0.2, 0) is 26.0 Å². The Morgan fingerprint density at radius 2 is 1.83 bits per heavy atom. The largest absolute Gasteiger partial charge is 0.488 e. The molecule has 4 rings (SSSR count). The minimum atomic E-state index is -3.78. The topological polar surface area (TPSA) is 116 Å². The van der Waals surface area contributed by atoms with Crippen LogP contribution in [0.1, 0.15) is 57.1 Å². The van der Waals surface area contributed by atoms with Crippen LogP contribution in [0.3, 0.4) is 0 Å². The van der Waals surface area contributed by atoms with Crippen molar-refractivity contribution in [2.24, 2.45) is 11.8 Å². The van der Waals surface area contributed by atoms with Gasteiger partial charge in [-0.05, 0) is 57.0 Å². The predicted octanol–water partition coefficient (Wildman–Crippen LogP) is 3.98. The van der Waals surface area contributed by atoms with Gasteiger partial charge in [-0.25, -0.2) is 8.42 Å². The number of rotatable bonds is 8. The lowest BCUT2D eigenvalue weighted by molar-refractivity contribution is -0.134. The van der Waals surface area contributed by atoms with Crippen LogP contribution >= 0.6 is 0 Å². The van der Waals surface area contributed by atoms with Crippen LogP contribution in [0.4, 0.5) is 5.69 Å². The van der Waals surface area contributed by atoms with Gasteiger partial charge in [0.25, 0.3) is 0 Å². The molecule has 1 aliphatic heterocycles. The van der Waals surface area contributed by atoms with Gasteiger partial charge in [0.1, 0.15) is 11.9 Å². The Bertz CT molecular complexity index is 1320. The van der Waals surface area contributed by atoms with E-state index in [0.717, 1.165) is 37.7 Å². The van der Waals surface area contributed by atoms with Crippen LogP contribution in [0.5, 0.6) is 5.75 Å². The zero-order chi connectivity index (χ0) is 29.7. The predicted molar refractivity (Wildman–Crippen MR) is 158 cm³/mol. The van der Waals surface area contributed by atoms with Gasteiger partial charge in [0.15, 0.2) is 0 Å². The molecule has 0 saturated heterocycles. The first kappa shape index (κ1) is 31.0. The number of carbonyl (C=O) groups excluding carboxylic acids is 2. The Hall–Kier alpha value is -2.95. The van der Waals surface area contributed by atoms with Gasteiger partial charge in [-0.2, -0.15) is 4.31 Å². The van der Waals surface area contributed by atoms with E-state index in [1.165, 1.54) is 11.4 Å². The van der Waals surface area contributed by atoms with Crippen molar-refractivity contribution in [3.8, 4) is 5.75 Å². The van der Waals surface area contributed by atoms with Gasteiger partial charge in [0.05, 0.1) is 30.5 Å². The van der Waals surface area contributed by atoms with Crippen molar-refractivity contribution in [1.82, 2.24) is 9.21 Å². The number of benzene rings is 2. The number of hydrogen-bond acceptors (Lipinski definition) is 6. The third-order valence-corrected chi connectivity index (χ3v) is 10.2. The molecule has 2 amide bonds. The number of ether oxygens (including phenoxy) is 1. The molecule has 2 N–H and O–H groups in total. The molecule has 0 aromatic heterocycles. The zero-order valence-corrected chi connectivity index (χ0v) is 25.3. The van der Waals surface area contributed by atoms with Gasteiger partial charge in [0, 0.05) is 36.7 Å². The molecule has 41 heavy (non-hydrogen) atoms. The van der Waals surface area contributed by atoms with Gasteiger partial charge < -0.3 is 20.1 Å². The Kier molecular flexibility index (Phi) is 10.1. The molecule has 0 unspecified atom stereocenters. The summed E-state index contributed by atoms with van der Waals surface area (Å²) in [6.45, 7) is 5.77. The highest BCUT2D eigenvalue weighted by Gasteiger charge is 2.33. The van der Waals surface area contributed by atoms with Crippen LogP contribution in [-0.4, -0.2) is 73.4 Å². The van der Waals surface area contributed by atoms with Crippen molar-refractivity contribution in [3.05, 3.63) is 53.6 Å². The first-order valence-electron chi connectivity index (χ1n) is 14.5. The molecule has 2 aliphatic rings. The fraction of sp³-hybridized carbons (Fsp3) is 0.548. The van der Waals surface area contributed by atoms with E-state index < -0.39 is 22.2 Å². The molecule has 224 valence electrons. The summed E-state index contributed by atoms with van der Waals surface area (Å²) in [6, 6.07) is 11.6. The van der Waals surface area contributed by atoms with Crippen LogP contribution in [0.25, 0.3) is 0 Å². The van der Waals surface area contributed by atoms with Crippen molar-refractivity contribution >= 4 is 27.5 Å². The summed E-state index contributed by atoms with van der Waals surface area (Å²) in [5.41, 5.74) is 2.17. The van der Waals surface area contributed by atoms with Crippen LogP contribution in [0, 0.1) is 18.8 Å². The maximum atomic E-state index is 13.5. The third kappa shape index (κ3) is 7.47. The number of sulfonamides is 1. The fourth-order valence-electron chi connectivity index (χ4n) is 5.58. The van der Waals surface area contributed by atoms with Crippen molar-refractivity contribution in [2.75, 3.05) is 32.1 Å². The quantitative estimate of drug-likeness (QED) is 0.484. The molecule has 3 atom stereocenters. The Balaban J connectivity index is 1.62. The third-order valence-electron chi connectivity index (χ3n) is 8.33. The number of likely N-dealkylation sites (N-methyl/N-ethyl adjacent to an activating group) is 1. The molecular formula is C31H43N3O6S. The standard InChI is InChI=1S/C31H43N3O6S/c1-21-10-13-27(14-11-21)41(38,39)33(4)19-29-22(2)18-34(23(3)20-35)30(36)17-25-16-26(12-15-28(25)40-29)32-31(37)24-8-6-5-7-9-24/h10-16,22-24,29,35H,5-9,17-20H2,1-4H3,(H,32,37)/t22-,23-,29+/m0/s1. The van der Waals surface area contributed by atoms with E-state index >= 15 is 0 Å². The summed E-state index contributed by atoms with van der Waals surface area (Å²) in [6.07, 6.45) is 4.47. The van der Waals surface area contributed by atoms with Gasteiger partial charge in [-0.15, -0.1) is 0 Å². The molecule has 10 heteroatoms. The fourth-order valence-corrected chi connectivity index (χ4v) is 6.76. The molecule has 9 nitrogen and oxygen atoms in total. The highest BCUT2D eigenvalue weighted by atomic mass is 32.2. The van der Waals surface area contributed by atoms with Crippen LogP contribution in [0.15, 0.2) is 47.4 Å². The average Bonchev–Trinajstić information content (AvgIpc) is 3.00. The number of anilines is 1. The number of hydrogen-bond donors (Lipinski definition) is 2. The summed E-state index contributed by atoms with van der Waals surface area (Å²) in [7, 11) is -2.25. The SMILES string of the molecule is Cc1ccc(S(=O)(=O)N(C)C[C@H]2Oc3ccc(NC(=O)C4CCCCC4)cc3CC(=O)N([C@@H](C)CO)C[C@@H]2C)cc1. The summed E-state index contributed by atoms with van der Waals surface area (Å²) >= 11 is 0. The van der Waals surface area contributed by atoms with E-state index in [2.05, 4.69) is 5.32 Å². The lowest BCUT2D eigenvalue weighted by atomic mass is 9.88. The van der Waals surface area contributed by atoms with E-state index in [-0.39, 0.29) is 48.1 Å². The van der Waals surface area contributed by atoms with Crippen molar-refractivity contribution in [2.45, 2.75) is 76.3 Å². The number of aliphatic hydroxyl groups excluding tert-OH is 1. The monoisotopic (exact) mass is 585 g/mol. The molecule has 1 fully saturated rings. The maximum absolute atomic E-state index is 13.5. The van der Waals surface area contributed by atoms with Crippen LogP contribution < -0.4 is 10.1 Å². The highest BCUT2D eigenvalue weighted by molar-refractivity contribution is 7.89. The van der Waals surface area contributed by atoms with E-state index in [9.17, 15) is 23.1 Å². The normalized spacial score (nSPS) is 21.3. The second-order valence-corrected chi connectivity index (χ2v) is 13.7.